The molecule has 0 N–H and O–H groups in total. The Hall–Kier alpha value is -2.43. The highest BCUT2D eigenvalue weighted by Crippen LogP contribution is 2.20. The van der Waals surface area contributed by atoms with E-state index in [0.29, 0.717) is 18.7 Å². The van der Waals surface area contributed by atoms with Crippen molar-refractivity contribution in [2.24, 2.45) is 0 Å². The van der Waals surface area contributed by atoms with Crippen LogP contribution in [0.15, 0.2) is 43.1 Å². The summed E-state index contributed by atoms with van der Waals surface area (Å²) in [6.45, 7) is 5.48. The molecule has 1 amide bonds. The van der Waals surface area contributed by atoms with Crippen LogP contribution in [0.4, 0.5) is 4.39 Å². The number of carbonyl (C=O) groups excluding carboxylic acids is 1. The van der Waals surface area contributed by atoms with Gasteiger partial charge in [-0.05, 0) is 37.0 Å². The second-order valence-corrected chi connectivity index (χ2v) is 5.79. The molecule has 0 saturated heterocycles. The molecule has 23 heavy (non-hydrogen) atoms. The molecule has 4 nitrogen and oxygen atoms in total. The van der Waals surface area contributed by atoms with Crippen LogP contribution in [-0.2, 0) is 19.5 Å². The topological polar surface area (TPSA) is 38.1 Å². The van der Waals surface area contributed by atoms with Crippen LogP contribution in [0.25, 0.3) is 0 Å². The first-order chi connectivity index (χ1) is 11.2. The van der Waals surface area contributed by atoms with E-state index in [4.69, 9.17) is 0 Å². The molecule has 2 heterocycles. The predicted molar refractivity (Wildman–Crippen MR) is 86.5 cm³/mol. The van der Waals surface area contributed by atoms with Gasteiger partial charge in [0.15, 0.2) is 0 Å². The van der Waals surface area contributed by atoms with Gasteiger partial charge in [-0.2, -0.15) is 5.10 Å². The van der Waals surface area contributed by atoms with Crippen LogP contribution in [0.1, 0.15) is 34.5 Å². The summed E-state index contributed by atoms with van der Waals surface area (Å²) < 4.78 is 15.0. The first kappa shape index (κ1) is 15.5. The smallest absolute Gasteiger partial charge is 0.257 e. The summed E-state index contributed by atoms with van der Waals surface area (Å²) in [6.07, 6.45) is 6.46. The van der Waals surface area contributed by atoms with Crippen LogP contribution in [0.5, 0.6) is 0 Å². The molecule has 5 heteroatoms. The number of halogens is 1. The molecular weight excluding hydrogens is 293 g/mol. The summed E-state index contributed by atoms with van der Waals surface area (Å²) in [5.74, 6) is -0.321. The van der Waals surface area contributed by atoms with Crippen molar-refractivity contribution in [3.05, 3.63) is 65.8 Å². The normalized spacial score (nSPS) is 13.4. The van der Waals surface area contributed by atoms with Gasteiger partial charge in [0.2, 0.25) is 0 Å². The van der Waals surface area contributed by atoms with Crippen LogP contribution in [0.2, 0.25) is 0 Å². The van der Waals surface area contributed by atoms with Gasteiger partial charge in [0, 0.05) is 19.6 Å². The number of rotatable bonds is 5. The number of benzene rings is 1. The Labute approximate surface area is 135 Å². The lowest BCUT2D eigenvalue weighted by atomic mass is 10.1. The van der Waals surface area contributed by atoms with Crippen LogP contribution in [0.3, 0.4) is 0 Å². The second-order valence-electron chi connectivity index (χ2n) is 5.79. The summed E-state index contributed by atoms with van der Waals surface area (Å²) in [7, 11) is 0. The van der Waals surface area contributed by atoms with Crippen molar-refractivity contribution in [3.8, 4) is 0 Å². The number of aryl methyl sites for hydroxylation is 1. The molecule has 120 valence electrons. The molecule has 0 bridgehead atoms. The predicted octanol–water partition coefficient (Wildman–Crippen LogP) is 3.19. The highest BCUT2D eigenvalue weighted by atomic mass is 19.1. The molecule has 2 aromatic rings. The van der Waals surface area contributed by atoms with Crippen molar-refractivity contribution in [2.75, 3.05) is 6.54 Å². The van der Waals surface area contributed by atoms with E-state index in [1.807, 2.05) is 4.68 Å². The van der Waals surface area contributed by atoms with Crippen molar-refractivity contribution in [3.63, 3.8) is 0 Å². The SMILES string of the molecule is C=CCN(Cc1ccc(F)cc1)C(=O)c1cnn2c1CCCC2. The van der Waals surface area contributed by atoms with Gasteiger partial charge >= 0.3 is 0 Å². The molecule has 0 unspecified atom stereocenters. The average Bonchev–Trinajstić information content (AvgIpc) is 3.00. The first-order valence-corrected chi connectivity index (χ1v) is 7.88. The van der Waals surface area contributed by atoms with Crippen LogP contribution in [-0.4, -0.2) is 27.1 Å². The summed E-state index contributed by atoms with van der Waals surface area (Å²) in [5.41, 5.74) is 2.59. The Balaban J connectivity index is 1.82. The third-order valence-electron chi connectivity index (χ3n) is 4.14. The zero-order valence-electron chi connectivity index (χ0n) is 13.0. The Morgan fingerprint density at radius 3 is 2.87 bits per heavy atom. The minimum atomic E-state index is -0.277. The van der Waals surface area contributed by atoms with Crippen LogP contribution < -0.4 is 0 Å². The minimum absolute atomic E-state index is 0.0441. The van der Waals surface area contributed by atoms with Gasteiger partial charge in [-0.25, -0.2) is 4.39 Å². The Morgan fingerprint density at radius 2 is 2.13 bits per heavy atom. The quantitative estimate of drug-likeness (QED) is 0.795. The molecule has 3 rings (SSSR count). The van der Waals surface area contributed by atoms with Crippen molar-refractivity contribution >= 4 is 5.91 Å². The molecule has 0 aliphatic carbocycles. The fourth-order valence-corrected chi connectivity index (χ4v) is 2.96. The van der Waals surface area contributed by atoms with E-state index in [1.165, 1.54) is 12.1 Å². The Kier molecular flexibility index (Phi) is 4.55. The summed E-state index contributed by atoms with van der Waals surface area (Å²) in [6, 6.07) is 6.22. The lowest BCUT2D eigenvalue weighted by Crippen LogP contribution is -2.31. The Morgan fingerprint density at radius 1 is 1.35 bits per heavy atom. The van der Waals surface area contributed by atoms with Gasteiger partial charge in [-0.15, -0.1) is 6.58 Å². The summed E-state index contributed by atoms with van der Waals surface area (Å²) >= 11 is 0. The largest absolute Gasteiger partial charge is 0.331 e. The second kappa shape index (κ2) is 6.77. The fourth-order valence-electron chi connectivity index (χ4n) is 2.96. The first-order valence-electron chi connectivity index (χ1n) is 7.88. The Bertz CT molecular complexity index is 706. The van der Waals surface area contributed by atoms with E-state index in [0.717, 1.165) is 37.1 Å². The van der Waals surface area contributed by atoms with E-state index >= 15 is 0 Å². The third kappa shape index (κ3) is 3.33. The summed E-state index contributed by atoms with van der Waals surface area (Å²) in [4.78, 5) is 14.6. The molecular formula is C18H20FN3O. The molecule has 1 aromatic carbocycles. The highest BCUT2D eigenvalue weighted by molar-refractivity contribution is 5.95. The van der Waals surface area contributed by atoms with Crippen molar-refractivity contribution in [1.29, 1.82) is 0 Å². The maximum Gasteiger partial charge on any atom is 0.257 e. The van der Waals surface area contributed by atoms with Crippen molar-refractivity contribution < 1.29 is 9.18 Å². The van der Waals surface area contributed by atoms with Crippen LogP contribution in [0, 0.1) is 5.82 Å². The van der Waals surface area contributed by atoms with Crippen molar-refractivity contribution in [2.45, 2.75) is 32.4 Å². The third-order valence-corrected chi connectivity index (χ3v) is 4.14. The monoisotopic (exact) mass is 313 g/mol. The van der Waals surface area contributed by atoms with E-state index in [-0.39, 0.29) is 11.7 Å². The molecule has 0 radical (unpaired) electrons. The number of aromatic nitrogens is 2. The summed E-state index contributed by atoms with van der Waals surface area (Å²) in [5, 5.41) is 4.33. The number of hydrogen-bond acceptors (Lipinski definition) is 2. The molecule has 1 aromatic heterocycles. The minimum Gasteiger partial charge on any atom is -0.331 e. The van der Waals surface area contributed by atoms with Crippen LogP contribution >= 0.6 is 0 Å². The molecule has 1 aliphatic heterocycles. The standard InChI is InChI=1S/C18H20FN3O/c1-2-10-21(13-14-6-8-15(19)9-7-14)18(23)16-12-20-22-11-4-3-5-17(16)22/h2,6-9,12H,1,3-5,10-11,13H2. The maximum atomic E-state index is 13.0. The zero-order chi connectivity index (χ0) is 16.2. The fraction of sp³-hybridized carbons (Fsp3) is 0.333. The molecule has 0 saturated carbocycles. The van der Waals surface area contributed by atoms with E-state index in [9.17, 15) is 9.18 Å². The van der Waals surface area contributed by atoms with Crippen molar-refractivity contribution in [1.82, 2.24) is 14.7 Å². The molecule has 1 aliphatic rings. The van der Waals surface area contributed by atoms with E-state index in [2.05, 4.69) is 11.7 Å². The van der Waals surface area contributed by atoms with Gasteiger partial charge in [-0.1, -0.05) is 18.2 Å². The molecule has 0 spiro atoms. The molecule has 0 fully saturated rings. The van der Waals surface area contributed by atoms with Gasteiger partial charge in [0.1, 0.15) is 5.82 Å². The lowest BCUT2D eigenvalue weighted by Gasteiger charge is -2.22. The van der Waals surface area contributed by atoms with Gasteiger partial charge in [0.25, 0.3) is 5.91 Å². The lowest BCUT2D eigenvalue weighted by molar-refractivity contribution is 0.0761. The number of nitrogens with zero attached hydrogens (tertiary/aromatic N) is 3. The van der Waals surface area contributed by atoms with E-state index in [1.54, 1.807) is 29.3 Å². The number of amides is 1. The molecule has 0 atom stereocenters. The number of fused-ring (bicyclic) bond motifs is 1. The van der Waals surface area contributed by atoms with Gasteiger partial charge < -0.3 is 4.90 Å². The average molecular weight is 313 g/mol. The maximum absolute atomic E-state index is 13.0. The van der Waals surface area contributed by atoms with E-state index < -0.39 is 0 Å². The highest BCUT2D eigenvalue weighted by Gasteiger charge is 2.23. The zero-order valence-corrected chi connectivity index (χ0v) is 13.0. The van der Waals surface area contributed by atoms with Gasteiger partial charge in [-0.3, -0.25) is 9.48 Å². The number of carbonyl (C=O) groups is 1. The van der Waals surface area contributed by atoms with Gasteiger partial charge in [0.05, 0.1) is 17.5 Å². The number of hydrogen-bond donors (Lipinski definition) is 0.